The molecule has 2 saturated heterocycles. The first kappa shape index (κ1) is 47.9. The van der Waals surface area contributed by atoms with Gasteiger partial charge in [0.05, 0.1) is 49.3 Å². The number of methoxy groups -OCH3 is 2. The molecule has 332 valence electrons. The zero-order chi connectivity index (χ0) is 43.8. The van der Waals surface area contributed by atoms with Gasteiger partial charge in [-0.15, -0.1) is 0 Å². The molecule has 3 N–H and O–H groups in total. The Hall–Kier alpha value is -3.75. The van der Waals surface area contributed by atoms with E-state index in [1.54, 1.807) is 63.7 Å². The normalized spacial score (nSPS) is 23.9. The quantitative estimate of drug-likeness (QED) is 0.181. The van der Waals surface area contributed by atoms with Crippen molar-refractivity contribution in [2.75, 3.05) is 34.4 Å². The van der Waals surface area contributed by atoms with Crippen LogP contribution in [0.2, 0.25) is 0 Å². The lowest BCUT2D eigenvalue weighted by atomic mass is 9.89. The highest BCUT2D eigenvalue weighted by atomic mass is 16.6. The number of hydrogen-bond donors (Lipinski definition) is 3. The van der Waals surface area contributed by atoms with Gasteiger partial charge in [-0.2, -0.15) is 0 Å². The van der Waals surface area contributed by atoms with Crippen LogP contribution in [0, 0.1) is 23.7 Å². The molecule has 0 aromatic heterocycles. The molecule has 11 atom stereocenters. The average Bonchev–Trinajstić information content (AvgIpc) is 3.96. The molecule has 2 aliphatic heterocycles. The molecular weight excluding hydrogens is 755 g/mol. The summed E-state index contributed by atoms with van der Waals surface area (Å²) < 4.78 is 17.7. The van der Waals surface area contributed by atoms with Crippen molar-refractivity contribution in [2.24, 2.45) is 23.7 Å². The van der Waals surface area contributed by atoms with Crippen LogP contribution in [-0.2, 0) is 39.8 Å². The van der Waals surface area contributed by atoms with Gasteiger partial charge in [-0.3, -0.25) is 24.1 Å². The van der Waals surface area contributed by atoms with Crippen molar-refractivity contribution in [1.82, 2.24) is 25.3 Å². The minimum absolute atomic E-state index is 0.00496. The van der Waals surface area contributed by atoms with E-state index in [4.69, 9.17) is 14.2 Å². The van der Waals surface area contributed by atoms with Crippen LogP contribution in [0.4, 0.5) is 4.79 Å². The number of nitrogens with one attached hydrogen (secondary N) is 2. The first-order chi connectivity index (χ1) is 27.9. The topological polar surface area (TPSA) is 167 Å². The van der Waals surface area contributed by atoms with E-state index in [2.05, 4.69) is 10.6 Å². The summed E-state index contributed by atoms with van der Waals surface area (Å²) in [6.07, 6.45) is 3.17. The second kappa shape index (κ2) is 21.2. The third-order valence-electron chi connectivity index (χ3n) is 12.8. The van der Waals surface area contributed by atoms with Crippen molar-refractivity contribution in [3.63, 3.8) is 0 Å². The van der Waals surface area contributed by atoms with Gasteiger partial charge in [0.1, 0.15) is 17.7 Å². The van der Waals surface area contributed by atoms with Crippen molar-refractivity contribution in [2.45, 2.75) is 161 Å². The molecule has 0 radical (unpaired) electrons. The molecule has 3 aliphatic rings. The van der Waals surface area contributed by atoms with E-state index in [1.807, 2.05) is 58.0 Å². The Labute approximate surface area is 352 Å². The molecule has 5 amide bonds. The Balaban J connectivity index is 1.47. The third-order valence-corrected chi connectivity index (χ3v) is 12.8. The highest BCUT2D eigenvalue weighted by Crippen LogP contribution is 2.43. The largest absolute Gasteiger partial charge is 0.444 e. The van der Waals surface area contributed by atoms with Crippen molar-refractivity contribution in [3.05, 3.63) is 35.9 Å². The molecule has 14 nitrogen and oxygen atoms in total. The number of likely N-dealkylation sites (N-methyl/N-ethyl adjacent to an activating group) is 1. The van der Waals surface area contributed by atoms with Gasteiger partial charge >= 0.3 is 6.09 Å². The van der Waals surface area contributed by atoms with Crippen LogP contribution in [0.1, 0.15) is 106 Å². The number of benzene rings is 1. The molecule has 1 aliphatic carbocycles. The first-order valence-electron chi connectivity index (χ1n) is 21.8. The number of amides is 5. The molecule has 4 rings (SSSR count). The number of aliphatic hydroxyl groups excluding tert-OH is 1. The molecule has 1 saturated carbocycles. The van der Waals surface area contributed by atoms with Crippen LogP contribution in [0.5, 0.6) is 0 Å². The lowest BCUT2D eigenvalue weighted by Gasteiger charge is -2.41. The highest BCUT2D eigenvalue weighted by molar-refractivity contribution is 5.92. The number of carbonyl (C=O) groups excluding carboxylic acids is 5. The minimum Gasteiger partial charge on any atom is -0.444 e. The van der Waals surface area contributed by atoms with E-state index in [9.17, 15) is 29.1 Å². The minimum atomic E-state index is -0.886. The van der Waals surface area contributed by atoms with E-state index in [0.29, 0.717) is 25.8 Å². The summed E-state index contributed by atoms with van der Waals surface area (Å²) in [6.45, 7) is 15.3. The zero-order valence-corrected chi connectivity index (χ0v) is 37.4. The van der Waals surface area contributed by atoms with Crippen molar-refractivity contribution >= 4 is 29.7 Å². The average molecular weight is 828 g/mol. The summed E-state index contributed by atoms with van der Waals surface area (Å²) in [5.74, 6) is -2.05. The summed E-state index contributed by atoms with van der Waals surface area (Å²) in [5, 5.41) is 16.1. The molecule has 0 spiro atoms. The van der Waals surface area contributed by atoms with E-state index in [-0.39, 0.29) is 66.5 Å². The Morgan fingerprint density at radius 1 is 0.966 bits per heavy atom. The summed E-state index contributed by atoms with van der Waals surface area (Å²) in [6, 6.07) is 6.63. The number of nitrogens with zero attached hydrogens (tertiary/aromatic N) is 3. The fourth-order valence-corrected chi connectivity index (χ4v) is 9.57. The summed E-state index contributed by atoms with van der Waals surface area (Å²) in [4.78, 5) is 74.8. The van der Waals surface area contributed by atoms with E-state index < -0.39 is 54.0 Å². The van der Waals surface area contributed by atoms with E-state index >= 15 is 0 Å². The maximum Gasteiger partial charge on any atom is 0.411 e. The Bertz CT molecular complexity index is 1570. The molecule has 14 heteroatoms. The van der Waals surface area contributed by atoms with Crippen molar-refractivity contribution < 1.29 is 43.3 Å². The van der Waals surface area contributed by atoms with Gasteiger partial charge in [0.25, 0.3) is 0 Å². The maximum absolute atomic E-state index is 14.5. The van der Waals surface area contributed by atoms with Gasteiger partial charge < -0.3 is 39.8 Å². The number of rotatable bonds is 19. The number of carbonyl (C=O) groups is 5. The second-order valence-corrected chi connectivity index (χ2v) is 18.5. The summed E-state index contributed by atoms with van der Waals surface area (Å²) >= 11 is 0. The molecular formula is C45H73N5O9. The van der Waals surface area contributed by atoms with Crippen LogP contribution in [-0.4, -0.2) is 138 Å². The molecule has 2 bridgehead atoms. The Morgan fingerprint density at radius 2 is 1.64 bits per heavy atom. The SMILES string of the molecule is CC[C@H](C)[C@@H]([C@@H](CC(=O)N1CCCC1[C@H](OC)[C@@H](C)C(=O)NC(CO)Cc1ccccc1)OC)N(C)C(=O)C(NC(=O)[C@@H]1[C@H]2CC[C@H](C2)N1C(=O)OC(C)(C)C)C(C)C. The van der Waals surface area contributed by atoms with Gasteiger partial charge in [0, 0.05) is 33.9 Å². The number of hydrogen-bond acceptors (Lipinski definition) is 9. The smallest absolute Gasteiger partial charge is 0.411 e. The van der Waals surface area contributed by atoms with Gasteiger partial charge in [0.2, 0.25) is 23.6 Å². The van der Waals surface area contributed by atoms with Gasteiger partial charge in [-0.1, -0.05) is 71.4 Å². The number of ether oxygens (including phenoxy) is 3. The predicted molar refractivity (Wildman–Crippen MR) is 225 cm³/mol. The summed E-state index contributed by atoms with van der Waals surface area (Å²) in [7, 11) is 4.81. The molecule has 59 heavy (non-hydrogen) atoms. The second-order valence-electron chi connectivity index (χ2n) is 18.5. The lowest BCUT2D eigenvalue weighted by Crippen LogP contribution is -2.61. The van der Waals surface area contributed by atoms with Crippen LogP contribution in [0.15, 0.2) is 30.3 Å². The van der Waals surface area contributed by atoms with Crippen molar-refractivity contribution in [3.8, 4) is 0 Å². The lowest BCUT2D eigenvalue weighted by molar-refractivity contribution is -0.148. The fourth-order valence-electron chi connectivity index (χ4n) is 9.57. The fraction of sp³-hybridized carbons (Fsp3) is 0.756. The standard InChI is InChI=1S/C45H73N5O9/c1-12-28(4)38(48(9)43(55)37(27(2)3)47-42(54)39-31-20-21-33(24-31)50(39)44(56)59-45(6,7)8)35(57-10)25-36(52)49-22-16-19-34(49)40(58-11)29(5)41(53)46-32(26-51)23-30-17-14-13-15-18-30/h13-15,17-18,27-29,31-35,37-40,51H,12,16,19-26H2,1-11H3,(H,46,53)(H,47,54)/t28-,29+,31-,32?,33+,34?,35+,37?,38-,39-,40+/m0/s1. The number of likely N-dealkylation sites (tertiary alicyclic amines) is 2. The first-order valence-corrected chi connectivity index (χ1v) is 21.8. The van der Waals surface area contributed by atoms with E-state index in [1.165, 1.54) is 0 Å². The number of fused-ring (bicyclic) bond motifs is 2. The monoisotopic (exact) mass is 828 g/mol. The van der Waals surface area contributed by atoms with Crippen LogP contribution < -0.4 is 10.6 Å². The molecule has 3 unspecified atom stereocenters. The van der Waals surface area contributed by atoms with E-state index in [0.717, 1.165) is 31.2 Å². The van der Waals surface area contributed by atoms with Crippen molar-refractivity contribution in [1.29, 1.82) is 0 Å². The highest BCUT2D eigenvalue weighted by Gasteiger charge is 2.53. The van der Waals surface area contributed by atoms with Crippen LogP contribution >= 0.6 is 0 Å². The molecule has 3 fully saturated rings. The number of aliphatic hydroxyl groups is 1. The van der Waals surface area contributed by atoms with Gasteiger partial charge in [0.15, 0.2) is 0 Å². The maximum atomic E-state index is 14.5. The molecule has 1 aromatic rings. The van der Waals surface area contributed by atoms with Gasteiger partial charge in [-0.05, 0) is 82.6 Å². The molecule has 2 heterocycles. The Morgan fingerprint density at radius 3 is 2.22 bits per heavy atom. The number of piperidine rings is 1. The van der Waals surface area contributed by atoms with Gasteiger partial charge in [-0.25, -0.2) is 4.79 Å². The van der Waals surface area contributed by atoms with Crippen LogP contribution in [0.3, 0.4) is 0 Å². The molecule has 1 aromatic carbocycles. The predicted octanol–water partition coefficient (Wildman–Crippen LogP) is 4.56. The Kier molecular flexibility index (Phi) is 17.2. The zero-order valence-electron chi connectivity index (χ0n) is 37.4. The summed E-state index contributed by atoms with van der Waals surface area (Å²) in [5.41, 5.74) is 0.283. The van der Waals surface area contributed by atoms with Crippen LogP contribution in [0.25, 0.3) is 0 Å². The third kappa shape index (κ3) is 11.8.